The topological polar surface area (TPSA) is 59.2 Å². The van der Waals surface area contributed by atoms with E-state index in [-0.39, 0.29) is 11.9 Å². The van der Waals surface area contributed by atoms with E-state index in [1.165, 1.54) is 0 Å². The number of aryl methyl sites for hydroxylation is 1. The van der Waals surface area contributed by atoms with Crippen LogP contribution in [0.1, 0.15) is 36.8 Å². The summed E-state index contributed by atoms with van der Waals surface area (Å²) in [6, 6.07) is 3.77. The minimum atomic E-state index is 0.0794. The summed E-state index contributed by atoms with van der Waals surface area (Å²) in [6.45, 7) is 7.80. The van der Waals surface area contributed by atoms with Gasteiger partial charge in [-0.1, -0.05) is 20.8 Å². The molecule has 19 heavy (non-hydrogen) atoms. The first-order chi connectivity index (χ1) is 9.02. The van der Waals surface area contributed by atoms with Crippen LogP contribution in [-0.4, -0.2) is 34.9 Å². The van der Waals surface area contributed by atoms with E-state index >= 15 is 0 Å². The van der Waals surface area contributed by atoms with Crippen LogP contribution < -0.4 is 5.73 Å². The van der Waals surface area contributed by atoms with Crippen LogP contribution in [0.25, 0.3) is 0 Å². The van der Waals surface area contributed by atoms with Gasteiger partial charge in [-0.05, 0) is 30.4 Å². The van der Waals surface area contributed by atoms with Crippen LogP contribution in [0.3, 0.4) is 0 Å². The van der Waals surface area contributed by atoms with E-state index in [1.807, 2.05) is 17.9 Å². The monoisotopic (exact) mass is 261 g/mol. The van der Waals surface area contributed by atoms with Crippen molar-refractivity contribution in [3.05, 3.63) is 29.6 Å². The minimum Gasteiger partial charge on any atom is -0.337 e. The second-order valence-corrected chi connectivity index (χ2v) is 5.67. The summed E-state index contributed by atoms with van der Waals surface area (Å²) in [5.41, 5.74) is 7.81. The average Bonchev–Trinajstić information content (AvgIpc) is 2.80. The molecule has 0 aromatic carbocycles. The van der Waals surface area contributed by atoms with Gasteiger partial charge in [-0.25, -0.2) is 0 Å². The number of carbonyl (C=O) groups excluding carboxylic acids is 1. The Balaban J connectivity index is 2.12. The number of rotatable bonds is 3. The fourth-order valence-electron chi connectivity index (χ4n) is 2.71. The van der Waals surface area contributed by atoms with Gasteiger partial charge in [0, 0.05) is 36.6 Å². The first-order valence-corrected chi connectivity index (χ1v) is 7.02. The van der Waals surface area contributed by atoms with Crippen molar-refractivity contribution in [2.45, 2.75) is 33.2 Å². The molecule has 2 heterocycles. The average molecular weight is 261 g/mol. The van der Waals surface area contributed by atoms with Crippen LogP contribution in [0.15, 0.2) is 18.3 Å². The third-order valence-electron chi connectivity index (χ3n) is 3.98. The molecule has 1 saturated heterocycles. The molecule has 0 aliphatic carbocycles. The number of likely N-dealkylation sites (tertiary alicyclic amines) is 1. The molecule has 2 rings (SSSR count). The molecule has 4 heteroatoms. The molecule has 0 bridgehead atoms. The number of nitrogens with two attached hydrogens (primary N) is 1. The highest BCUT2D eigenvalue weighted by Crippen LogP contribution is 2.24. The molecule has 1 aromatic heterocycles. The highest BCUT2D eigenvalue weighted by molar-refractivity contribution is 5.94. The van der Waals surface area contributed by atoms with Crippen molar-refractivity contribution in [1.82, 2.24) is 9.88 Å². The summed E-state index contributed by atoms with van der Waals surface area (Å²) in [5.74, 6) is 0.989. The zero-order valence-corrected chi connectivity index (χ0v) is 12.0. The molecule has 1 fully saturated rings. The molecule has 0 saturated carbocycles. The van der Waals surface area contributed by atoms with Gasteiger partial charge in [0.2, 0.25) is 0 Å². The van der Waals surface area contributed by atoms with Gasteiger partial charge in [-0.2, -0.15) is 0 Å². The zero-order valence-electron chi connectivity index (χ0n) is 12.0. The van der Waals surface area contributed by atoms with Crippen molar-refractivity contribution >= 4 is 5.91 Å². The van der Waals surface area contributed by atoms with Crippen molar-refractivity contribution in [1.29, 1.82) is 0 Å². The second-order valence-electron chi connectivity index (χ2n) is 5.67. The Kier molecular flexibility index (Phi) is 4.20. The molecule has 0 radical (unpaired) electrons. The number of hydrogen-bond acceptors (Lipinski definition) is 3. The molecular weight excluding hydrogens is 238 g/mol. The first-order valence-electron chi connectivity index (χ1n) is 7.02. The molecule has 1 amide bonds. The molecule has 1 aromatic rings. The summed E-state index contributed by atoms with van der Waals surface area (Å²) in [6.07, 6.45) is 2.55. The van der Waals surface area contributed by atoms with Crippen molar-refractivity contribution in [2.24, 2.45) is 17.6 Å². The fraction of sp³-hybridized carbons (Fsp3) is 0.600. The van der Waals surface area contributed by atoms with Gasteiger partial charge in [0.05, 0.1) is 0 Å². The summed E-state index contributed by atoms with van der Waals surface area (Å²) in [5, 5.41) is 0. The van der Waals surface area contributed by atoms with Crippen molar-refractivity contribution in [2.75, 3.05) is 13.1 Å². The van der Waals surface area contributed by atoms with Gasteiger partial charge in [-0.15, -0.1) is 0 Å². The van der Waals surface area contributed by atoms with Crippen LogP contribution in [0.5, 0.6) is 0 Å². The molecule has 1 aliphatic rings. The Morgan fingerprint density at radius 2 is 2.26 bits per heavy atom. The molecular formula is C15H23N3O. The van der Waals surface area contributed by atoms with Gasteiger partial charge >= 0.3 is 0 Å². The number of aromatic nitrogens is 1. The van der Waals surface area contributed by atoms with E-state index in [9.17, 15) is 4.79 Å². The number of nitrogens with zero attached hydrogens (tertiary/aromatic N) is 2. The SMILES string of the molecule is CCc1cc(C(=O)N2C[C@H](C(C)C)[C@@H](N)C2)ccn1. The Morgan fingerprint density at radius 1 is 1.53 bits per heavy atom. The van der Waals surface area contributed by atoms with Crippen molar-refractivity contribution in [3.63, 3.8) is 0 Å². The maximum absolute atomic E-state index is 12.5. The Labute approximate surface area is 115 Å². The van der Waals surface area contributed by atoms with E-state index in [0.29, 0.717) is 18.4 Å². The van der Waals surface area contributed by atoms with E-state index < -0.39 is 0 Å². The van der Waals surface area contributed by atoms with Gasteiger partial charge in [0.25, 0.3) is 5.91 Å². The molecule has 2 atom stereocenters. The molecule has 0 spiro atoms. The summed E-state index contributed by atoms with van der Waals surface area (Å²) in [7, 11) is 0. The van der Waals surface area contributed by atoms with Crippen LogP contribution in [-0.2, 0) is 6.42 Å². The lowest BCUT2D eigenvalue weighted by atomic mass is 9.92. The van der Waals surface area contributed by atoms with Crippen molar-refractivity contribution in [3.8, 4) is 0 Å². The standard InChI is InChI=1S/C15H23N3O/c1-4-12-7-11(5-6-17-12)15(19)18-8-13(10(2)3)14(16)9-18/h5-7,10,13-14H,4,8-9,16H2,1-3H3/t13-,14+/m1/s1. The van der Waals surface area contributed by atoms with Gasteiger partial charge in [-0.3, -0.25) is 9.78 Å². The van der Waals surface area contributed by atoms with Crippen LogP contribution >= 0.6 is 0 Å². The zero-order chi connectivity index (χ0) is 14.0. The lowest BCUT2D eigenvalue weighted by Gasteiger charge is -2.18. The predicted molar refractivity (Wildman–Crippen MR) is 75.8 cm³/mol. The lowest BCUT2D eigenvalue weighted by molar-refractivity contribution is 0.0783. The van der Waals surface area contributed by atoms with E-state index in [4.69, 9.17) is 5.73 Å². The smallest absolute Gasteiger partial charge is 0.254 e. The molecule has 104 valence electrons. The maximum Gasteiger partial charge on any atom is 0.254 e. The highest BCUT2D eigenvalue weighted by atomic mass is 16.2. The van der Waals surface area contributed by atoms with E-state index in [1.54, 1.807) is 12.3 Å². The third-order valence-corrected chi connectivity index (χ3v) is 3.98. The fourth-order valence-corrected chi connectivity index (χ4v) is 2.71. The number of pyridine rings is 1. The number of hydrogen-bond donors (Lipinski definition) is 1. The summed E-state index contributed by atoms with van der Waals surface area (Å²) in [4.78, 5) is 18.6. The maximum atomic E-state index is 12.5. The third kappa shape index (κ3) is 2.95. The van der Waals surface area contributed by atoms with Crippen LogP contribution in [0.4, 0.5) is 0 Å². The Morgan fingerprint density at radius 3 is 2.84 bits per heavy atom. The second kappa shape index (κ2) is 5.70. The molecule has 2 N–H and O–H groups in total. The Hall–Kier alpha value is -1.42. The van der Waals surface area contributed by atoms with Crippen LogP contribution in [0.2, 0.25) is 0 Å². The summed E-state index contributed by atoms with van der Waals surface area (Å²) >= 11 is 0. The largest absolute Gasteiger partial charge is 0.337 e. The summed E-state index contributed by atoms with van der Waals surface area (Å²) < 4.78 is 0. The van der Waals surface area contributed by atoms with Gasteiger partial charge < -0.3 is 10.6 Å². The minimum absolute atomic E-state index is 0.0794. The van der Waals surface area contributed by atoms with E-state index in [2.05, 4.69) is 18.8 Å². The van der Waals surface area contributed by atoms with E-state index in [0.717, 1.165) is 24.2 Å². The molecule has 0 unspecified atom stereocenters. The lowest BCUT2D eigenvalue weighted by Crippen LogP contribution is -2.33. The highest BCUT2D eigenvalue weighted by Gasteiger charge is 2.34. The van der Waals surface area contributed by atoms with Crippen LogP contribution in [0, 0.1) is 11.8 Å². The number of amides is 1. The Bertz CT molecular complexity index is 458. The predicted octanol–water partition coefficient (Wildman–Crippen LogP) is 1.70. The first kappa shape index (κ1) is 14.0. The quantitative estimate of drug-likeness (QED) is 0.901. The molecule has 1 aliphatic heterocycles. The molecule has 4 nitrogen and oxygen atoms in total. The van der Waals surface area contributed by atoms with Gasteiger partial charge in [0.1, 0.15) is 0 Å². The normalized spacial score (nSPS) is 23.1. The number of carbonyl (C=O) groups is 1. The van der Waals surface area contributed by atoms with Gasteiger partial charge in [0.15, 0.2) is 0 Å². The van der Waals surface area contributed by atoms with Crippen molar-refractivity contribution < 1.29 is 4.79 Å².